The van der Waals surface area contributed by atoms with Crippen molar-refractivity contribution in [3.05, 3.63) is 53.2 Å². The molecular formula is C17H19N3O. The Labute approximate surface area is 124 Å². The SMILES string of the molecule is Cc1cc(C(=O)N2CC(C)Cc3ccccc32)cc(N)n1. The van der Waals surface area contributed by atoms with Crippen LogP contribution in [0.4, 0.5) is 11.5 Å². The van der Waals surface area contributed by atoms with Crippen LogP contribution in [0.3, 0.4) is 0 Å². The number of carbonyl (C=O) groups excluding carboxylic acids is 1. The summed E-state index contributed by atoms with van der Waals surface area (Å²) in [6.45, 7) is 4.75. The molecule has 0 aliphatic carbocycles. The number of amides is 1. The standard InChI is InChI=1S/C17H19N3O/c1-11-7-13-5-3-4-6-15(13)20(10-11)17(21)14-8-12(2)19-16(18)9-14/h3-6,8-9,11H,7,10H2,1-2H3,(H2,18,19). The maximum atomic E-state index is 12.9. The Balaban J connectivity index is 2.02. The van der Waals surface area contributed by atoms with Crippen LogP contribution in [0.5, 0.6) is 0 Å². The van der Waals surface area contributed by atoms with Crippen LogP contribution >= 0.6 is 0 Å². The molecule has 4 heteroatoms. The normalized spacial score (nSPS) is 17.4. The summed E-state index contributed by atoms with van der Waals surface area (Å²) in [5.74, 6) is 0.826. The number of hydrogen-bond donors (Lipinski definition) is 1. The molecule has 0 saturated carbocycles. The lowest BCUT2D eigenvalue weighted by Gasteiger charge is -2.33. The summed E-state index contributed by atoms with van der Waals surface area (Å²) in [6.07, 6.45) is 1.01. The van der Waals surface area contributed by atoms with Crippen molar-refractivity contribution in [3.63, 3.8) is 0 Å². The number of carbonyl (C=O) groups is 1. The van der Waals surface area contributed by atoms with Crippen molar-refractivity contribution in [1.29, 1.82) is 0 Å². The zero-order valence-corrected chi connectivity index (χ0v) is 12.3. The van der Waals surface area contributed by atoms with Crippen molar-refractivity contribution in [1.82, 2.24) is 4.98 Å². The van der Waals surface area contributed by atoms with Crippen molar-refractivity contribution < 1.29 is 4.79 Å². The van der Waals surface area contributed by atoms with Crippen molar-refractivity contribution in [2.75, 3.05) is 17.2 Å². The molecule has 21 heavy (non-hydrogen) atoms. The van der Waals surface area contributed by atoms with E-state index >= 15 is 0 Å². The van der Waals surface area contributed by atoms with Crippen LogP contribution in [-0.4, -0.2) is 17.4 Å². The molecule has 1 aliphatic rings. The zero-order valence-electron chi connectivity index (χ0n) is 12.3. The number of fused-ring (bicyclic) bond motifs is 1. The lowest BCUT2D eigenvalue weighted by molar-refractivity contribution is 0.0981. The van der Waals surface area contributed by atoms with E-state index < -0.39 is 0 Å². The average molecular weight is 281 g/mol. The van der Waals surface area contributed by atoms with Crippen LogP contribution in [-0.2, 0) is 6.42 Å². The molecule has 0 bridgehead atoms. The predicted octanol–water partition coefficient (Wildman–Crippen LogP) is 2.81. The highest BCUT2D eigenvalue weighted by Crippen LogP contribution is 2.30. The van der Waals surface area contributed by atoms with Gasteiger partial charge in [-0.2, -0.15) is 0 Å². The molecule has 4 nitrogen and oxygen atoms in total. The highest BCUT2D eigenvalue weighted by atomic mass is 16.2. The number of nitrogens with two attached hydrogens (primary N) is 1. The van der Waals surface area contributed by atoms with E-state index in [4.69, 9.17) is 5.73 Å². The zero-order chi connectivity index (χ0) is 15.0. The van der Waals surface area contributed by atoms with Gasteiger partial charge in [0.15, 0.2) is 0 Å². The first-order chi connectivity index (χ1) is 10.0. The fourth-order valence-corrected chi connectivity index (χ4v) is 2.96. The molecule has 0 saturated heterocycles. The van der Waals surface area contributed by atoms with Crippen LogP contribution < -0.4 is 10.6 Å². The minimum atomic E-state index is -0.00815. The second-order valence-corrected chi connectivity index (χ2v) is 5.78. The molecule has 1 amide bonds. The Hall–Kier alpha value is -2.36. The molecule has 2 N–H and O–H groups in total. The van der Waals surface area contributed by atoms with Crippen molar-refractivity contribution in [3.8, 4) is 0 Å². The van der Waals surface area contributed by atoms with E-state index in [2.05, 4.69) is 18.0 Å². The molecule has 1 aliphatic heterocycles. The molecule has 0 fully saturated rings. The maximum absolute atomic E-state index is 12.9. The number of pyridine rings is 1. The van der Waals surface area contributed by atoms with Gasteiger partial charge in [0, 0.05) is 23.5 Å². The molecular weight excluding hydrogens is 262 g/mol. The second kappa shape index (κ2) is 5.20. The first kappa shape index (κ1) is 13.6. The fraction of sp³-hybridized carbons (Fsp3) is 0.294. The summed E-state index contributed by atoms with van der Waals surface area (Å²) in [5, 5.41) is 0. The van der Waals surface area contributed by atoms with E-state index in [1.54, 1.807) is 12.1 Å². The smallest absolute Gasteiger partial charge is 0.258 e. The minimum absolute atomic E-state index is 0.00815. The topological polar surface area (TPSA) is 59.2 Å². The molecule has 1 aromatic carbocycles. The van der Waals surface area contributed by atoms with Gasteiger partial charge in [0.2, 0.25) is 0 Å². The number of rotatable bonds is 1. The molecule has 3 rings (SSSR count). The average Bonchev–Trinajstić information content (AvgIpc) is 2.44. The predicted molar refractivity (Wildman–Crippen MR) is 84.4 cm³/mol. The molecule has 2 aromatic rings. The summed E-state index contributed by atoms with van der Waals surface area (Å²) >= 11 is 0. The van der Waals surface area contributed by atoms with Crippen molar-refractivity contribution in [2.24, 2.45) is 5.92 Å². The van der Waals surface area contributed by atoms with E-state index in [1.807, 2.05) is 30.0 Å². The van der Waals surface area contributed by atoms with Gasteiger partial charge in [-0.1, -0.05) is 25.1 Å². The maximum Gasteiger partial charge on any atom is 0.258 e. The Bertz CT molecular complexity index is 676. The second-order valence-electron chi connectivity index (χ2n) is 5.78. The lowest BCUT2D eigenvalue weighted by atomic mass is 9.93. The van der Waals surface area contributed by atoms with Gasteiger partial charge < -0.3 is 10.6 Å². The van der Waals surface area contributed by atoms with Gasteiger partial charge in [-0.3, -0.25) is 4.79 Å². The van der Waals surface area contributed by atoms with Crippen molar-refractivity contribution in [2.45, 2.75) is 20.3 Å². The molecule has 1 atom stereocenters. The number of nitrogen functional groups attached to an aromatic ring is 1. The Morgan fingerprint density at radius 3 is 2.86 bits per heavy atom. The Morgan fingerprint density at radius 2 is 2.10 bits per heavy atom. The Morgan fingerprint density at radius 1 is 1.33 bits per heavy atom. The van der Waals surface area contributed by atoms with Gasteiger partial charge >= 0.3 is 0 Å². The van der Waals surface area contributed by atoms with Gasteiger partial charge in [-0.25, -0.2) is 4.98 Å². The molecule has 0 spiro atoms. The lowest BCUT2D eigenvalue weighted by Crippen LogP contribution is -2.39. The third-order valence-electron chi connectivity index (χ3n) is 3.81. The monoisotopic (exact) mass is 281 g/mol. The summed E-state index contributed by atoms with van der Waals surface area (Å²) in [4.78, 5) is 18.8. The number of aryl methyl sites for hydroxylation is 1. The van der Waals surface area contributed by atoms with E-state index in [0.29, 0.717) is 17.3 Å². The summed E-state index contributed by atoms with van der Waals surface area (Å²) in [6, 6.07) is 11.5. The Kier molecular flexibility index (Phi) is 3.37. The van der Waals surface area contributed by atoms with Gasteiger partial charge in [-0.15, -0.1) is 0 Å². The first-order valence-electron chi connectivity index (χ1n) is 7.18. The molecule has 1 unspecified atom stereocenters. The fourth-order valence-electron chi connectivity index (χ4n) is 2.96. The van der Waals surface area contributed by atoms with Crippen LogP contribution in [0.25, 0.3) is 0 Å². The molecule has 2 heterocycles. The molecule has 0 radical (unpaired) electrons. The summed E-state index contributed by atoms with van der Waals surface area (Å²) in [7, 11) is 0. The van der Waals surface area contributed by atoms with Crippen LogP contribution in [0.2, 0.25) is 0 Å². The van der Waals surface area contributed by atoms with E-state index in [1.165, 1.54) is 5.56 Å². The number of benzene rings is 1. The van der Waals surface area contributed by atoms with Crippen LogP contribution in [0.15, 0.2) is 36.4 Å². The number of anilines is 2. The molecule has 1 aromatic heterocycles. The van der Waals surface area contributed by atoms with Crippen molar-refractivity contribution >= 4 is 17.4 Å². The summed E-state index contributed by atoms with van der Waals surface area (Å²) in [5.41, 5.74) is 9.36. The summed E-state index contributed by atoms with van der Waals surface area (Å²) < 4.78 is 0. The highest BCUT2D eigenvalue weighted by Gasteiger charge is 2.27. The van der Waals surface area contributed by atoms with E-state index in [-0.39, 0.29) is 5.91 Å². The minimum Gasteiger partial charge on any atom is -0.384 e. The van der Waals surface area contributed by atoms with Gasteiger partial charge in [-0.05, 0) is 43.0 Å². The third-order valence-corrected chi connectivity index (χ3v) is 3.81. The van der Waals surface area contributed by atoms with E-state index in [0.717, 1.165) is 24.3 Å². The number of para-hydroxylation sites is 1. The van der Waals surface area contributed by atoms with E-state index in [9.17, 15) is 4.79 Å². The third kappa shape index (κ3) is 2.61. The van der Waals surface area contributed by atoms with Crippen LogP contribution in [0, 0.1) is 12.8 Å². The highest BCUT2D eigenvalue weighted by molar-refractivity contribution is 6.07. The van der Waals surface area contributed by atoms with Gasteiger partial charge in [0.05, 0.1) is 0 Å². The first-order valence-corrected chi connectivity index (χ1v) is 7.18. The van der Waals surface area contributed by atoms with Gasteiger partial charge in [0.1, 0.15) is 5.82 Å². The molecule has 108 valence electrons. The number of hydrogen-bond acceptors (Lipinski definition) is 3. The van der Waals surface area contributed by atoms with Gasteiger partial charge in [0.25, 0.3) is 5.91 Å². The van der Waals surface area contributed by atoms with Crippen LogP contribution in [0.1, 0.15) is 28.5 Å². The quantitative estimate of drug-likeness (QED) is 0.874. The number of nitrogens with zero attached hydrogens (tertiary/aromatic N) is 2. The largest absolute Gasteiger partial charge is 0.384 e. The number of aromatic nitrogens is 1.